The molecule has 6 nitrogen and oxygen atoms in total. The van der Waals surface area contributed by atoms with Crippen molar-refractivity contribution >= 4 is 33.3 Å². The Labute approximate surface area is 214 Å². The summed E-state index contributed by atoms with van der Waals surface area (Å²) in [6.45, 7) is -0.415. The molecule has 9 heteroatoms. The molecule has 0 radical (unpaired) electrons. The maximum atomic E-state index is 14.1. The summed E-state index contributed by atoms with van der Waals surface area (Å²) in [5, 5.41) is 3.78. The molecule has 5 aromatic rings. The van der Waals surface area contributed by atoms with Gasteiger partial charge in [0.1, 0.15) is 17.1 Å². The van der Waals surface area contributed by atoms with Crippen molar-refractivity contribution in [3.8, 4) is 22.6 Å². The van der Waals surface area contributed by atoms with Crippen LogP contribution in [0.2, 0.25) is 0 Å². The molecule has 0 aliphatic rings. The number of anilines is 1. The van der Waals surface area contributed by atoms with Crippen molar-refractivity contribution in [3.05, 3.63) is 101 Å². The molecule has 0 saturated heterocycles. The number of hydrogen-bond acceptors (Lipinski definition) is 5. The summed E-state index contributed by atoms with van der Waals surface area (Å²) < 4.78 is 58.2. The predicted octanol–water partition coefficient (Wildman–Crippen LogP) is 6.66. The van der Waals surface area contributed by atoms with E-state index in [1.807, 2.05) is 0 Å². The highest BCUT2D eigenvalue weighted by Gasteiger charge is 2.39. The van der Waals surface area contributed by atoms with Gasteiger partial charge in [-0.25, -0.2) is 0 Å². The van der Waals surface area contributed by atoms with Gasteiger partial charge in [-0.15, -0.1) is 0 Å². The van der Waals surface area contributed by atoms with Gasteiger partial charge in [0.05, 0.1) is 18.1 Å². The van der Waals surface area contributed by atoms with Crippen molar-refractivity contribution < 1.29 is 31.9 Å². The first-order valence-corrected chi connectivity index (χ1v) is 11.5. The van der Waals surface area contributed by atoms with Crippen LogP contribution in [0.3, 0.4) is 0 Å². The zero-order chi connectivity index (χ0) is 26.9. The number of rotatable bonds is 6. The summed E-state index contributed by atoms with van der Waals surface area (Å²) in [6, 6.07) is 22.2. The van der Waals surface area contributed by atoms with Crippen LogP contribution in [0.15, 0.2) is 94.1 Å². The second kappa shape index (κ2) is 9.93. The average Bonchev–Trinajstić information content (AvgIpc) is 2.91. The lowest BCUT2D eigenvalue weighted by Crippen LogP contribution is -2.20. The van der Waals surface area contributed by atoms with Gasteiger partial charge in [-0.05, 0) is 52.7 Å². The molecule has 0 saturated carbocycles. The van der Waals surface area contributed by atoms with Gasteiger partial charge in [-0.2, -0.15) is 13.2 Å². The monoisotopic (exact) mass is 519 g/mol. The molecule has 1 aromatic heterocycles. The number of nitrogens with one attached hydrogen (secondary N) is 1. The number of alkyl halides is 3. The van der Waals surface area contributed by atoms with Crippen molar-refractivity contribution in [2.75, 3.05) is 19.0 Å². The summed E-state index contributed by atoms with van der Waals surface area (Å²) in [5.74, 6) is -1.20. The standard InChI is InChI=1S/C29H20F3NO5/c1-36-19-11-9-18(10-12-19)33-25(34)16-37-20-13-14-23-24(15-20)38-28(29(30,31)32)26(27(23)35)22-8-4-6-17-5-2-3-7-21(17)22/h2-15H,16H2,1H3,(H,33,34). The fraction of sp³-hybridized carbons (Fsp3) is 0.103. The highest BCUT2D eigenvalue weighted by molar-refractivity contribution is 5.98. The van der Waals surface area contributed by atoms with Gasteiger partial charge < -0.3 is 19.2 Å². The number of fused-ring (bicyclic) bond motifs is 2. The van der Waals surface area contributed by atoms with Crippen LogP contribution in [0, 0.1) is 0 Å². The fourth-order valence-corrected chi connectivity index (χ4v) is 4.17. The van der Waals surface area contributed by atoms with E-state index in [1.54, 1.807) is 60.7 Å². The van der Waals surface area contributed by atoms with Crippen LogP contribution >= 0.6 is 0 Å². The summed E-state index contributed by atoms with van der Waals surface area (Å²) in [5.41, 5.74) is -1.05. The van der Waals surface area contributed by atoms with Crippen LogP contribution in [0.1, 0.15) is 5.76 Å². The van der Waals surface area contributed by atoms with Gasteiger partial charge in [0, 0.05) is 11.8 Å². The lowest BCUT2D eigenvalue weighted by Gasteiger charge is -2.15. The normalized spacial score (nSPS) is 11.5. The highest BCUT2D eigenvalue weighted by Crippen LogP contribution is 2.39. The first kappa shape index (κ1) is 24.9. The van der Waals surface area contributed by atoms with Gasteiger partial charge in [0.2, 0.25) is 11.2 Å². The molecule has 0 aliphatic heterocycles. The number of amides is 1. The Morgan fingerprint density at radius 3 is 2.34 bits per heavy atom. The fourth-order valence-electron chi connectivity index (χ4n) is 4.17. The van der Waals surface area contributed by atoms with Gasteiger partial charge >= 0.3 is 6.18 Å². The summed E-state index contributed by atoms with van der Waals surface area (Å²) >= 11 is 0. The van der Waals surface area contributed by atoms with Crippen LogP contribution < -0.4 is 20.2 Å². The van der Waals surface area contributed by atoms with Gasteiger partial charge in [-0.3, -0.25) is 9.59 Å². The first-order chi connectivity index (χ1) is 18.2. The minimum Gasteiger partial charge on any atom is -0.497 e. The molecule has 192 valence electrons. The smallest absolute Gasteiger partial charge is 0.450 e. The van der Waals surface area contributed by atoms with Crippen molar-refractivity contribution in [2.45, 2.75) is 6.18 Å². The Morgan fingerprint density at radius 1 is 0.895 bits per heavy atom. The summed E-state index contributed by atoms with van der Waals surface area (Å²) in [6.07, 6.45) is -4.94. The maximum absolute atomic E-state index is 14.1. The Morgan fingerprint density at radius 2 is 1.61 bits per heavy atom. The molecule has 0 spiro atoms. The minimum absolute atomic E-state index is 0.0454. The molecule has 0 fully saturated rings. The third-order valence-corrected chi connectivity index (χ3v) is 5.92. The van der Waals surface area contributed by atoms with E-state index >= 15 is 0 Å². The third kappa shape index (κ3) is 4.90. The highest BCUT2D eigenvalue weighted by atomic mass is 19.4. The van der Waals surface area contributed by atoms with E-state index in [9.17, 15) is 22.8 Å². The molecular weight excluding hydrogens is 499 g/mol. The summed E-state index contributed by atoms with van der Waals surface area (Å²) in [4.78, 5) is 25.7. The number of halogens is 3. The molecule has 1 amide bonds. The quantitative estimate of drug-likeness (QED) is 0.272. The first-order valence-electron chi connectivity index (χ1n) is 11.5. The Hall–Kier alpha value is -4.79. The molecule has 38 heavy (non-hydrogen) atoms. The van der Waals surface area contributed by atoms with E-state index in [0.717, 1.165) is 0 Å². The number of carbonyl (C=O) groups excluding carboxylic acids is 1. The van der Waals surface area contributed by atoms with Crippen LogP contribution in [0.5, 0.6) is 11.5 Å². The lowest BCUT2D eigenvalue weighted by molar-refractivity contribution is -0.152. The molecule has 0 aliphatic carbocycles. The Balaban J connectivity index is 1.48. The van der Waals surface area contributed by atoms with Crippen molar-refractivity contribution in [2.24, 2.45) is 0 Å². The van der Waals surface area contributed by atoms with E-state index in [1.165, 1.54) is 31.4 Å². The molecule has 4 aromatic carbocycles. The minimum atomic E-state index is -4.94. The number of benzene rings is 4. The number of carbonyl (C=O) groups is 1. The lowest BCUT2D eigenvalue weighted by atomic mass is 9.96. The zero-order valence-corrected chi connectivity index (χ0v) is 20.0. The average molecular weight is 519 g/mol. The van der Waals surface area contributed by atoms with E-state index in [4.69, 9.17) is 13.9 Å². The van der Waals surface area contributed by atoms with E-state index in [-0.39, 0.29) is 22.3 Å². The molecule has 0 atom stereocenters. The van der Waals surface area contributed by atoms with Crippen LogP contribution in [0.4, 0.5) is 18.9 Å². The molecule has 0 unspecified atom stereocenters. The predicted molar refractivity (Wildman–Crippen MR) is 138 cm³/mol. The van der Waals surface area contributed by atoms with Gasteiger partial charge in [-0.1, -0.05) is 42.5 Å². The second-order valence-electron chi connectivity index (χ2n) is 8.38. The Bertz CT molecular complexity index is 1700. The van der Waals surface area contributed by atoms with E-state index < -0.39 is 35.4 Å². The van der Waals surface area contributed by atoms with Gasteiger partial charge in [0.15, 0.2) is 6.61 Å². The van der Waals surface area contributed by atoms with Gasteiger partial charge in [0.25, 0.3) is 5.91 Å². The van der Waals surface area contributed by atoms with Crippen molar-refractivity contribution in [1.29, 1.82) is 0 Å². The third-order valence-electron chi connectivity index (χ3n) is 5.92. The second-order valence-corrected chi connectivity index (χ2v) is 8.38. The van der Waals surface area contributed by atoms with E-state index in [0.29, 0.717) is 22.2 Å². The number of ether oxygens (including phenoxy) is 2. The number of hydrogen-bond donors (Lipinski definition) is 1. The van der Waals surface area contributed by atoms with E-state index in [2.05, 4.69) is 5.32 Å². The molecule has 1 N–H and O–H groups in total. The topological polar surface area (TPSA) is 77.8 Å². The number of methoxy groups -OCH3 is 1. The SMILES string of the molecule is COc1ccc(NC(=O)COc2ccc3c(=O)c(-c4cccc5ccccc45)c(C(F)(F)F)oc3c2)cc1. The zero-order valence-electron chi connectivity index (χ0n) is 20.0. The molecule has 1 heterocycles. The maximum Gasteiger partial charge on any atom is 0.450 e. The molecule has 5 rings (SSSR count). The largest absolute Gasteiger partial charge is 0.497 e. The van der Waals surface area contributed by atoms with Crippen molar-refractivity contribution in [3.63, 3.8) is 0 Å². The van der Waals surface area contributed by atoms with Crippen LogP contribution in [-0.4, -0.2) is 19.6 Å². The van der Waals surface area contributed by atoms with Crippen LogP contribution in [-0.2, 0) is 11.0 Å². The Kier molecular flexibility index (Phi) is 6.50. The molecular formula is C29H20F3NO5. The summed E-state index contributed by atoms with van der Waals surface area (Å²) in [7, 11) is 1.52. The van der Waals surface area contributed by atoms with Crippen molar-refractivity contribution in [1.82, 2.24) is 0 Å². The molecule has 0 bridgehead atoms. The van der Waals surface area contributed by atoms with Crippen LogP contribution in [0.25, 0.3) is 32.9 Å².